The van der Waals surface area contributed by atoms with E-state index in [2.05, 4.69) is 51.5 Å². The Bertz CT molecular complexity index is 1710. The molecule has 1 atom stereocenters. The van der Waals surface area contributed by atoms with Gasteiger partial charge in [0.1, 0.15) is 5.75 Å². The minimum absolute atomic E-state index is 0.0627. The number of ether oxygens (including phenoxy) is 1. The Balaban J connectivity index is 1.26. The van der Waals surface area contributed by atoms with Crippen molar-refractivity contribution < 1.29 is 24.2 Å². The molecule has 1 N–H and O–H groups in total. The lowest BCUT2D eigenvalue weighted by molar-refractivity contribution is -0.154. The van der Waals surface area contributed by atoms with Gasteiger partial charge >= 0.3 is 5.97 Å². The molecule has 4 aromatic rings. The molecule has 0 bridgehead atoms. The Morgan fingerprint density at radius 3 is 2.04 bits per heavy atom. The molecule has 9 heteroatoms. The number of rotatable bonds is 11. The minimum Gasteiger partial charge on any atom is -0.493 e. The van der Waals surface area contributed by atoms with Crippen LogP contribution in [0, 0.1) is 17.3 Å². The summed E-state index contributed by atoms with van der Waals surface area (Å²) in [5.41, 5.74) is 3.65. The summed E-state index contributed by atoms with van der Waals surface area (Å²) >= 11 is 1.47. The Morgan fingerprint density at radius 2 is 1.49 bits per heavy atom. The summed E-state index contributed by atoms with van der Waals surface area (Å²) in [4.78, 5) is 50.7. The van der Waals surface area contributed by atoms with Gasteiger partial charge in [-0.1, -0.05) is 77.9 Å². The van der Waals surface area contributed by atoms with E-state index in [1.54, 1.807) is 17.3 Å². The second-order valence-corrected chi connectivity index (χ2v) is 15.7. The molecular formula is C38H43N3O5S. The molecule has 47 heavy (non-hydrogen) atoms. The first-order valence-corrected chi connectivity index (χ1v) is 16.8. The fraction of sp³-hybridized carbons (Fsp3) is 0.395. The van der Waals surface area contributed by atoms with Gasteiger partial charge in [0.15, 0.2) is 11.6 Å². The maximum Gasteiger partial charge on any atom is 0.310 e. The number of likely N-dealkylation sites (tertiary alicyclic amines) is 1. The summed E-state index contributed by atoms with van der Waals surface area (Å²) in [6.45, 7) is 13.7. The number of carboxylic acid groups (broad SMARTS) is 1. The number of ketones is 1. The maximum absolute atomic E-state index is 13.5. The van der Waals surface area contributed by atoms with Crippen molar-refractivity contribution in [2.24, 2.45) is 17.3 Å². The van der Waals surface area contributed by atoms with E-state index in [9.17, 15) is 19.5 Å². The molecule has 1 fully saturated rings. The van der Waals surface area contributed by atoms with Crippen LogP contribution in [0.25, 0.3) is 22.5 Å². The van der Waals surface area contributed by atoms with E-state index >= 15 is 0 Å². The molecule has 3 heterocycles. The fourth-order valence-corrected chi connectivity index (χ4v) is 6.29. The normalized spacial score (nSPS) is 14.4. The van der Waals surface area contributed by atoms with Crippen LogP contribution in [0.15, 0.2) is 73.1 Å². The summed E-state index contributed by atoms with van der Waals surface area (Å²) in [7, 11) is 0. The highest BCUT2D eigenvalue weighted by Crippen LogP contribution is 2.32. The van der Waals surface area contributed by atoms with Crippen molar-refractivity contribution in [1.82, 2.24) is 14.9 Å². The molecule has 8 nitrogen and oxygen atoms in total. The molecule has 246 valence electrons. The number of benzene rings is 2. The highest BCUT2D eigenvalue weighted by atomic mass is 32.1. The first-order valence-electron chi connectivity index (χ1n) is 16.0. The van der Waals surface area contributed by atoms with Crippen LogP contribution in [0.1, 0.15) is 68.1 Å². The smallest absolute Gasteiger partial charge is 0.310 e. The van der Waals surface area contributed by atoms with Gasteiger partial charge in [-0.15, -0.1) is 11.3 Å². The molecule has 0 unspecified atom stereocenters. The average Bonchev–Trinajstić information content (AvgIpc) is 3.51. The van der Waals surface area contributed by atoms with Gasteiger partial charge in [-0.2, -0.15) is 0 Å². The number of aromatic nitrogens is 2. The zero-order valence-electron chi connectivity index (χ0n) is 27.9. The van der Waals surface area contributed by atoms with E-state index in [4.69, 9.17) is 4.74 Å². The van der Waals surface area contributed by atoms with E-state index in [1.165, 1.54) is 11.3 Å². The fourth-order valence-electron chi connectivity index (χ4n) is 5.28. The lowest BCUT2D eigenvalue weighted by Gasteiger charge is -2.38. The van der Waals surface area contributed by atoms with Crippen LogP contribution in [0.3, 0.4) is 0 Å². The molecule has 1 aliphatic heterocycles. The van der Waals surface area contributed by atoms with Gasteiger partial charge in [-0.05, 0) is 52.6 Å². The van der Waals surface area contributed by atoms with Crippen molar-refractivity contribution in [2.45, 2.75) is 59.8 Å². The van der Waals surface area contributed by atoms with Crippen molar-refractivity contribution in [2.75, 3.05) is 19.7 Å². The van der Waals surface area contributed by atoms with Crippen molar-refractivity contribution in [3.63, 3.8) is 0 Å². The monoisotopic (exact) mass is 653 g/mol. The number of carbonyl (C=O) groups is 3. The lowest BCUT2D eigenvalue weighted by Crippen LogP contribution is -2.55. The zero-order valence-corrected chi connectivity index (χ0v) is 28.8. The van der Waals surface area contributed by atoms with E-state index in [-0.39, 0.29) is 42.0 Å². The Labute approximate surface area is 280 Å². The van der Waals surface area contributed by atoms with E-state index in [0.717, 1.165) is 32.9 Å². The van der Waals surface area contributed by atoms with Crippen molar-refractivity contribution in [1.29, 1.82) is 0 Å². The van der Waals surface area contributed by atoms with Crippen LogP contribution in [-0.4, -0.2) is 57.3 Å². The average molecular weight is 654 g/mol. The molecule has 1 saturated heterocycles. The van der Waals surface area contributed by atoms with Crippen LogP contribution < -0.4 is 4.74 Å². The molecular weight excluding hydrogens is 611 g/mol. The van der Waals surface area contributed by atoms with Crippen LogP contribution in [-0.2, 0) is 21.4 Å². The second kappa shape index (κ2) is 13.8. The van der Waals surface area contributed by atoms with Crippen LogP contribution in [0.4, 0.5) is 0 Å². The number of thiophene rings is 1. The minimum atomic E-state index is -0.903. The summed E-state index contributed by atoms with van der Waals surface area (Å²) in [6, 6.07) is 19.5. The van der Waals surface area contributed by atoms with Gasteiger partial charge in [-0.25, -0.2) is 9.97 Å². The van der Waals surface area contributed by atoms with Crippen LogP contribution in [0.2, 0.25) is 0 Å². The zero-order chi connectivity index (χ0) is 33.9. The Kier molecular flexibility index (Phi) is 9.96. The van der Waals surface area contributed by atoms with Gasteiger partial charge in [-0.3, -0.25) is 14.4 Å². The molecule has 2 aromatic carbocycles. The molecule has 0 spiro atoms. The van der Waals surface area contributed by atoms with E-state index < -0.39 is 17.8 Å². The van der Waals surface area contributed by atoms with E-state index in [0.29, 0.717) is 23.7 Å². The number of carboxylic acids is 1. The maximum atomic E-state index is 13.5. The number of amides is 1. The van der Waals surface area contributed by atoms with Crippen molar-refractivity contribution in [3.8, 4) is 28.3 Å². The first kappa shape index (κ1) is 34.0. The lowest BCUT2D eigenvalue weighted by atomic mass is 9.89. The van der Waals surface area contributed by atoms with Crippen LogP contribution in [0.5, 0.6) is 5.75 Å². The molecule has 0 radical (unpaired) electrons. The SMILES string of the molecule is CC(C)(C)COc1ccc(-c2cnc(-c3ccc(C[C@H](CC(=O)c4ccc(C(C)(C)C)s4)C(=O)N4CC(C(=O)O)C4)cc3)nc2)cc1. The summed E-state index contributed by atoms with van der Waals surface area (Å²) in [5.74, 6) is -0.897. The van der Waals surface area contributed by atoms with Crippen molar-refractivity contribution in [3.05, 3.63) is 88.4 Å². The third kappa shape index (κ3) is 8.71. The molecule has 1 amide bonds. The summed E-state index contributed by atoms with van der Waals surface area (Å²) in [5, 5.41) is 9.31. The number of hydrogen-bond acceptors (Lipinski definition) is 7. The highest BCUT2D eigenvalue weighted by Gasteiger charge is 2.39. The predicted octanol–water partition coefficient (Wildman–Crippen LogP) is 7.57. The topological polar surface area (TPSA) is 110 Å². The molecule has 5 rings (SSSR count). The number of carbonyl (C=O) groups excluding carboxylic acids is 2. The number of Topliss-reactive ketones (excluding diaryl/α,β-unsaturated/α-hetero) is 1. The quantitative estimate of drug-likeness (QED) is 0.166. The number of aliphatic carboxylic acids is 1. The highest BCUT2D eigenvalue weighted by molar-refractivity contribution is 7.14. The van der Waals surface area contributed by atoms with Crippen molar-refractivity contribution >= 4 is 29.0 Å². The van der Waals surface area contributed by atoms with Gasteiger partial charge in [0.05, 0.1) is 17.4 Å². The molecule has 0 saturated carbocycles. The standard InChI is InChI=1S/C38H43N3O5S/c1-37(2,3)23-46-30-13-11-25(12-14-30)28-19-39-34(40-20-28)26-9-7-24(8-10-26)17-27(35(43)41-21-29(22-41)36(44)45)18-31(42)32-15-16-33(47-32)38(4,5)6/h7-16,19-20,27,29H,17-18,21-23H2,1-6H3,(H,44,45)/t27-/m1/s1. The van der Waals surface area contributed by atoms with Gasteiger partial charge in [0, 0.05) is 53.8 Å². The third-order valence-electron chi connectivity index (χ3n) is 8.15. The molecule has 2 aromatic heterocycles. The Hall–Kier alpha value is -4.37. The second-order valence-electron chi connectivity index (χ2n) is 14.6. The molecule has 0 aliphatic carbocycles. The van der Waals surface area contributed by atoms with Crippen LogP contribution >= 0.6 is 11.3 Å². The first-order chi connectivity index (χ1) is 22.2. The third-order valence-corrected chi connectivity index (χ3v) is 9.70. The van der Waals surface area contributed by atoms with E-state index in [1.807, 2.05) is 60.7 Å². The number of nitrogens with zero attached hydrogens (tertiary/aromatic N) is 3. The molecule has 1 aliphatic rings. The Morgan fingerprint density at radius 1 is 0.872 bits per heavy atom. The summed E-state index contributed by atoms with van der Waals surface area (Å²) in [6.07, 6.45) is 4.03. The largest absolute Gasteiger partial charge is 0.493 e. The van der Waals surface area contributed by atoms with Gasteiger partial charge in [0.25, 0.3) is 0 Å². The predicted molar refractivity (Wildman–Crippen MR) is 185 cm³/mol. The van der Waals surface area contributed by atoms with Gasteiger partial charge < -0.3 is 14.7 Å². The number of hydrogen-bond donors (Lipinski definition) is 1. The summed E-state index contributed by atoms with van der Waals surface area (Å²) < 4.78 is 5.88. The van der Waals surface area contributed by atoms with Gasteiger partial charge in [0.2, 0.25) is 5.91 Å².